The average molecular weight is 543 g/mol. The Morgan fingerprint density at radius 3 is 2.47 bits per heavy atom. The average Bonchev–Trinajstić information content (AvgIpc) is 2.82. The number of nitrogens with zero attached hydrogens (tertiary/aromatic N) is 1. The number of carbonyl (C=O) groups excluding carboxylic acids is 3. The third kappa shape index (κ3) is 7.54. The number of esters is 1. The van der Waals surface area contributed by atoms with Crippen molar-refractivity contribution in [3.8, 4) is 5.75 Å². The lowest BCUT2D eigenvalue weighted by Crippen LogP contribution is -2.26. The molecule has 0 aliphatic carbocycles. The zero-order valence-corrected chi connectivity index (χ0v) is 20.3. The first-order valence-corrected chi connectivity index (χ1v) is 11.5. The molecule has 0 radical (unpaired) electrons. The first-order chi connectivity index (χ1) is 16.4. The number of amides is 2. The summed E-state index contributed by atoms with van der Waals surface area (Å²) in [4.78, 5) is 36.4. The van der Waals surface area contributed by atoms with Crippen molar-refractivity contribution in [1.29, 1.82) is 0 Å². The van der Waals surface area contributed by atoms with Gasteiger partial charge in [-0.15, -0.1) is 0 Å². The second-order valence-electron chi connectivity index (χ2n) is 7.07. The summed E-state index contributed by atoms with van der Waals surface area (Å²) in [6.07, 6.45) is 2.08. The molecule has 0 bridgehead atoms. The molecule has 0 fully saturated rings. The molecule has 0 heterocycles. The summed E-state index contributed by atoms with van der Waals surface area (Å²) in [6, 6.07) is 20.5. The van der Waals surface area contributed by atoms with Gasteiger partial charge in [0.25, 0.3) is 5.91 Å². The van der Waals surface area contributed by atoms with Gasteiger partial charge in [-0.1, -0.05) is 48.0 Å². The molecule has 0 saturated heterocycles. The molecule has 34 heavy (non-hydrogen) atoms. The summed E-state index contributed by atoms with van der Waals surface area (Å²) >= 11 is 9.32. The van der Waals surface area contributed by atoms with Crippen LogP contribution in [-0.2, 0) is 4.79 Å². The van der Waals surface area contributed by atoms with Gasteiger partial charge in [0.2, 0.25) is 5.91 Å². The molecule has 9 heteroatoms. The summed E-state index contributed by atoms with van der Waals surface area (Å²) in [6.45, 7) is 0.326. The Bertz CT molecular complexity index is 1220. The molecule has 2 amide bonds. The molecule has 0 saturated carbocycles. The Kier molecular flexibility index (Phi) is 9.37. The van der Waals surface area contributed by atoms with Gasteiger partial charge in [-0.05, 0) is 64.3 Å². The van der Waals surface area contributed by atoms with Gasteiger partial charge in [-0.3, -0.25) is 9.59 Å². The number of hydrazone groups is 1. The SMILES string of the molecule is O=C(CCCNC(=O)c1ccccc1Cl)NN=Cc1cccc(OC(=O)c2ccccc2Br)c1. The van der Waals surface area contributed by atoms with Crippen LogP contribution in [0.25, 0.3) is 0 Å². The molecular weight excluding hydrogens is 522 g/mol. The maximum atomic E-state index is 12.3. The summed E-state index contributed by atoms with van der Waals surface area (Å²) in [7, 11) is 0. The Labute approximate surface area is 210 Å². The maximum absolute atomic E-state index is 12.3. The van der Waals surface area contributed by atoms with Crippen LogP contribution >= 0.6 is 27.5 Å². The lowest BCUT2D eigenvalue weighted by molar-refractivity contribution is -0.121. The second-order valence-corrected chi connectivity index (χ2v) is 8.34. The van der Waals surface area contributed by atoms with Crippen LogP contribution in [0.1, 0.15) is 39.1 Å². The molecule has 0 aromatic heterocycles. The van der Waals surface area contributed by atoms with Crippen LogP contribution in [-0.4, -0.2) is 30.5 Å². The van der Waals surface area contributed by atoms with Crippen LogP contribution in [0.15, 0.2) is 82.4 Å². The van der Waals surface area contributed by atoms with Gasteiger partial charge in [-0.25, -0.2) is 10.2 Å². The zero-order valence-electron chi connectivity index (χ0n) is 18.0. The molecule has 0 aliphatic heterocycles. The molecular formula is C25H21BrClN3O4. The van der Waals surface area contributed by atoms with Gasteiger partial charge in [0.1, 0.15) is 5.75 Å². The van der Waals surface area contributed by atoms with Crippen molar-refractivity contribution in [2.45, 2.75) is 12.8 Å². The van der Waals surface area contributed by atoms with Crippen LogP contribution < -0.4 is 15.5 Å². The van der Waals surface area contributed by atoms with E-state index < -0.39 is 5.97 Å². The highest BCUT2D eigenvalue weighted by molar-refractivity contribution is 9.10. The van der Waals surface area contributed by atoms with E-state index in [-0.39, 0.29) is 18.2 Å². The van der Waals surface area contributed by atoms with Crippen molar-refractivity contribution in [3.63, 3.8) is 0 Å². The quantitative estimate of drug-likeness (QED) is 0.131. The lowest BCUT2D eigenvalue weighted by Gasteiger charge is -2.07. The number of ether oxygens (including phenoxy) is 1. The van der Waals surface area contributed by atoms with Crippen LogP contribution in [0.4, 0.5) is 0 Å². The molecule has 7 nitrogen and oxygen atoms in total. The van der Waals surface area contributed by atoms with Gasteiger partial charge in [0.05, 0.1) is 22.4 Å². The van der Waals surface area contributed by atoms with E-state index in [4.69, 9.17) is 16.3 Å². The van der Waals surface area contributed by atoms with E-state index in [1.165, 1.54) is 6.21 Å². The van der Waals surface area contributed by atoms with Gasteiger partial charge in [0.15, 0.2) is 0 Å². The van der Waals surface area contributed by atoms with E-state index in [0.29, 0.717) is 44.9 Å². The van der Waals surface area contributed by atoms with E-state index in [1.54, 1.807) is 66.7 Å². The van der Waals surface area contributed by atoms with Crippen LogP contribution in [0.5, 0.6) is 5.75 Å². The summed E-state index contributed by atoms with van der Waals surface area (Å²) < 4.78 is 6.06. The molecule has 0 aliphatic rings. The van der Waals surface area contributed by atoms with Crippen LogP contribution in [0.2, 0.25) is 5.02 Å². The first-order valence-electron chi connectivity index (χ1n) is 10.4. The van der Waals surface area contributed by atoms with Crippen molar-refractivity contribution in [1.82, 2.24) is 10.7 Å². The monoisotopic (exact) mass is 541 g/mol. The Hall–Kier alpha value is -3.49. The van der Waals surface area contributed by atoms with Crippen molar-refractivity contribution in [2.75, 3.05) is 6.54 Å². The Balaban J connectivity index is 1.42. The van der Waals surface area contributed by atoms with E-state index >= 15 is 0 Å². The van der Waals surface area contributed by atoms with Gasteiger partial charge >= 0.3 is 5.97 Å². The number of nitrogens with one attached hydrogen (secondary N) is 2. The number of halogens is 2. The summed E-state index contributed by atoms with van der Waals surface area (Å²) in [5, 5.41) is 7.03. The molecule has 0 unspecified atom stereocenters. The third-order valence-electron chi connectivity index (χ3n) is 4.55. The molecule has 3 aromatic rings. The number of rotatable bonds is 9. The highest BCUT2D eigenvalue weighted by Gasteiger charge is 2.12. The Morgan fingerprint density at radius 2 is 1.71 bits per heavy atom. The molecule has 0 spiro atoms. The van der Waals surface area contributed by atoms with Gasteiger partial charge < -0.3 is 10.1 Å². The van der Waals surface area contributed by atoms with E-state index in [9.17, 15) is 14.4 Å². The number of hydrogen-bond acceptors (Lipinski definition) is 5. The number of carbonyl (C=O) groups is 3. The summed E-state index contributed by atoms with van der Waals surface area (Å²) in [5.74, 6) is -0.717. The normalized spacial score (nSPS) is 10.6. The smallest absolute Gasteiger partial charge is 0.344 e. The minimum Gasteiger partial charge on any atom is -0.423 e. The minimum absolute atomic E-state index is 0.184. The molecule has 3 rings (SSSR count). The standard InChI is InChI=1S/C25H21BrClN3O4/c26-21-11-3-1-9-19(21)25(33)34-18-8-5-7-17(15-18)16-29-30-23(31)13-6-14-28-24(32)20-10-2-4-12-22(20)27/h1-5,7-12,15-16H,6,13-14H2,(H,28,32)(H,30,31). The minimum atomic E-state index is -0.489. The van der Waals surface area contributed by atoms with Crippen molar-refractivity contribution >= 4 is 51.5 Å². The Morgan fingerprint density at radius 1 is 0.971 bits per heavy atom. The maximum Gasteiger partial charge on any atom is 0.344 e. The van der Waals surface area contributed by atoms with E-state index in [2.05, 4.69) is 31.8 Å². The third-order valence-corrected chi connectivity index (χ3v) is 5.57. The predicted octanol–water partition coefficient (Wildman–Crippen LogP) is 4.98. The summed E-state index contributed by atoms with van der Waals surface area (Å²) in [5.41, 5.74) is 3.88. The largest absolute Gasteiger partial charge is 0.423 e. The van der Waals surface area contributed by atoms with E-state index in [0.717, 1.165) is 0 Å². The number of benzene rings is 3. The van der Waals surface area contributed by atoms with Crippen molar-refractivity contribution in [3.05, 3.63) is 99.0 Å². The molecule has 0 atom stereocenters. The highest BCUT2D eigenvalue weighted by Crippen LogP contribution is 2.20. The van der Waals surface area contributed by atoms with Gasteiger partial charge in [-0.2, -0.15) is 5.10 Å². The second kappa shape index (κ2) is 12.7. The van der Waals surface area contributed by atoms with Crippen LogP contribution in [0.3, 0.4) is 0 Å². The number of hydrogen-bond donors (Lipinski definition) is 2. The van der Waals surface area contributed by atoms with Crippen molar-refractivity contribution in [2.24, 2.45) is 5.10 Å². The molecule has 174 valence electrons. The fraction of sp³-hybridized carbons (Fsp3) is 0.120. The van der Waals surface area contributed by atoms with Crippen LogP contribution in [0, 0.1) is 0 Å². The van der Waals surface area contributed by atoms with E-state index in [1.807, 2.05) is 6.07 Å². The van der Waals surface area contributed by atoms with Gasteiger partial charge in [0, 0.05) is 17.4 Å². The first kappa shape index (κ1) is 25.1. The lowest BCUT2D eigenvalue weighted by atomic mass is 10.2. The topological polar surface area (TPSA) is 96.9 Å². The predicted molar refractivity (Wildman–Crippen MR) is 134 cm³/mol. The zero-order chi connectivity index (χ0) is 24.3. The highest BCUT2D eigenvalue weighted by atomic mass is 79.9. The van der Waals surface area contributed by atoms with Crippen molar-refractivity contribution < 1.29 is 19.1 Å². The molecule has 3 aromatic carbocycles. The fourth-order valence-corrected chi connectivity index (χ4v) is 3.54. The molecule has 2 N–H and O–H groups in total. The fourth-order valence-electron chi connectivity index (χ4n) is 2.87.